The predicted molar refractivity (Wildman–Crippen MR) is 123 cm³/mol. The molecular formula is C24H50N2O2. The van der Waals surface area contributed by atoms with Gasteiger partial charge in [-0.1, -0.05) is 41.5 Å². The molecule has 0 heterocycles. The highest BCUT2D eigenvalue weighted by Gasteiger charge is 2.38. The van der Waals surface area contributed by atoms with Crippen LogP contribution in [0.4, 0.5) is 0 Å². The predicted octanol–water partition coefficient (Wildman–Crippen LogP) is 5.49. The van der Waals surface area contributed by atoms with Crippen molar-refractivity contribution in [3.05, 3.63) is 0 Å². The van der Waals surface area contributed by atoms with E-state index in [1.807, 2.05) is 69.4 Å². The minimum Gasteiger partial charge on any atom is -0.301 e. The molecular weight excluding hydrogens is 348 g/mol. The Balaban J connectivity index is 0. The normalized spacial score (nSPS) is 15.0. The number of nitrogens with zero attached hydrogens (tertiary/aromatic N) is 1. The SMILES string of the molecule is CC(C(=O)C(C)(C)C)N(C)C(C)(C)C.CC(C)(C)NC(C)(C)C(=O)C(C)(C)C. The monoisotopic (exact) mass is 398 g/mol. The van der Waals surface area contributed by atoms with Crippen LogP contribution in [0.2, 0.25) is 0 Å². The third-order valence-electron chi connectivity index (χ3n) is 4.69. The molecule has 0 aliphatic heterocycles. The molecule has 0 rings (SSSR count). The lowest BCUT2D eigenvalue weighted by molar-refractivity contribution is -0.133. The van der Waals surface area contributed by atoms with Crippen molar-refractivity contribution in [3.63, 3.8) is 0 Å². The molecule has 168 valence electrons. The Morgan fingerprint density at radius 3 is 1.29 bits per heavy atom. The quantitative estimate of drug-likeness (QED) is 0.680. The molecule has 0 aromatic rings. The summed E-state index contributed by atoms with van der Waals surface area (Å²) in [6.45, 7) is 30.3. The summed E-state index contributed by atoms with van der Waals surface area (Å²) in [4.78, 5) is 26.2. The van der Waals surface area contributed by atoms with E-state index in [4.69, 9.17) is 0 Å². The van der Waals surface area contributed by atoms with E-state index < -0.39 is 5.54 Å². The maximum Gasteiger partial charge on any atom is 0.157 e. The Morgan fingerprint density at radius 2 is 1.07 bits per heavy atom. The van der Waals surface area contributed by atoms with Gasteiger partial charge in [-0.05, 0) is 69.4 Å². The van der Waals surface area contributed by atoms with Crippen LogP contribution < -0.4 is 5.32 Å². The maximum absolute atomic E-state index is 12.1. The highest BCUT2D eigenvalue weighted by atomic mass is 16.1. The van der Waals surface area contributed by atoms with Crippen molar-refractivity contribution in [3.8, 4) is 0 Å². The second-order valence-electron chi connectivity index (χ2n) is 12.7. The van der Waals surface area contributed by atoms with Crippen LogP contribution in [0.5, 0.6) is 0 Å². The van der Waals surface area contributed by atoms with Crippen LogP contribution in [0.15, 0.2) is 0 Å². The van der Waals surface area contributed by atoms with Gasteiger partial charge in [0.1, 0.15) is 0 Å². The molecule has 0 amide bonds. The van der Waals surface area contributed by atoms with Crippen LogP contribution in [-0.2, 0) is 9.59 Å². The second-order valence-corrected chi connectivity index (χ2v) is 12.7. The van der Waals surface area contributed by atoms with Crippen LogP contribution >= 0.6 is 0 Å². The first-order chi connectivity index (χ1) is 11.8. The van der Waals surface area contributed by atoms with E-state index >= 15 is 0 Å². The molecule has 0 bridgehead atoms. The summed E-state index contributed by atoms with van der Waals surface area (Å²) in [6, 6.07) is -0.0185. The molecule has 0 fully saturated rings. The zero-order chi connectivity index (χ0) is 23.5. The first-order valence-electron chi connectivity index (χ1n) is 10.5. The Labute approximate surface area is 176 Å². The van der Waals surface area contributed by atoms with Gasteiger partial charge in [0.15, 0.2) is 11.6 Å². The van der Waals surface area contributed by atoms with Gasteiger partial charge in [0.25, 0.3) is 0 Å². The lowest BCUT2D eigenvalue weighted by atomic mass is 9.79. The number of ketones is 2. The van der Waals surface area contributed by atoms with Gasteiger partial charge in [0, 0.05) is 21.9 Å². The van der Waals surface area contributed by atoms with Crippen molar-refractivity contribution in [2.75, 3.05) is 7.05 Å². The third-order valence-corrected chi connectivity index (χ3v) is 4.69. The summed E-state index contributed by atoms with van der Waals surface area (Å²) >= 11 is 0. The molecule has 0 aromatic heterocycles. The second kappa shape index (κ2) is 9.38. The van der Waals surface area contributed by atoms with Gasteiger partial charge < -0.3 is 5.32 Å². The Hall–Kier alpha value is -0.740. The zero-order valence-corrected chi connectivity index (χ0v) is 21.8. The largest absolute Gasteiger partial charge is 0.301 e. The molecule has 0 aliphatic carbocycles. The number of rotatable bonds is 4. The van der Waals surface area contributed by atoms with Crippen molar-refractivity contribution in [1.29, 1.82) is 0 Å². The number of carbonyl (C=O) groups is 2. The molecule has 0 aromatic carbocycles. The van der Waals surface area contributed by atoms with E-state index in [2.05, 4.69) is 51.8 Å². The summed E-state index contributed by atoms with van der Waals surface area (Å²) < 4.78 is 0. The molecule has 0 saturated heterocycles. The fourth-order valence-corrected chi connectivity index (χ4v) is 3.32. The number of nitrogens with one attached hydrogen (secondary N) is 1. The lowest BCUT2D eigenvalue weighted by Gasteiger charge is -2.38. The van der Waals surface area contributed by atoms with E-state index in [9.17, 15) is 9.59 Å². The van der Waals surface area contributed by atoms with Crippen LogP contribution in [0.1, 0.15) is 104 Å². The van der Waals surface area contributed by atoms with E-state index in [1.54, 1.807) is 0 Å². The fourth-order valence-electron chi connectivity index (χ4n) is 3.32. The van der Waals surface area contributed by atoms with E-state index in [1.165, 1.54) is 0 Å². The molecule has 4 nitrogen and oxygen atoms in total. The van der Waals surface area contributed by atoms with Crippen molar-refractivity contribution < 1.29 is 9.59 Å². The molecule has 28 heavy (non-hydrogen) atoms. The van der Waals surface area contributed by atoms with Crippen LogP contribution in [0.25, 0.3) is 0 Å². The van der Waals surface area contributed by atoms with Crippen molar-refractivity contribution >= 4 is 11.6 Å². The molecule has 1 N–H and O–H groups in total. The van der Waals surface area contributed by atoms with Gasteiger partial charge in [0.05, 0.1) is 11.6 Å². The molecule has 1 atom stereocenters. The first kappa shape index (κ1) is 29.5. The molecule has 4 heteroatoms. The highest BCUT2D eigenvalue weighted by molar-refractivity contribution is 5.92. The topological polar surface area (TPSA) is 49.4 Å². The smallest absolute Gasteiger partial charge is 0.157 e. The molecule has 0 saturated carbocycles. The van der Waals surface area contributed by atoms with Crippen LogP contribution in [0.3, 0.4) is 0 Å². The summed E-state index contributed by atoms with van der Waals surface area (Å²) in [5, 5.41) is 3.35. The fraction of sp³-hybridized carbons (Fsp3) is 0.917. The van der Waals surface area contributed by atoms with Crippen molar-refractivity contribution in [2.45, 2.75) is 127 Å². The third kappa shape index (κ3) is 10.7. The van der Waals surface area contributed by atoms with E-state index in [0.29, 0.717) is 5.78 Å². The van der Waals surface area contributed by atoms with Gasteiger partial charge in [0.2, 0.25) is 0 Å². The number of likely N-dealkylation sites (N-methyl/N-ethyl adjacent to an activating group) is 1. The standard InChI is InChI=1S/2C12H25NO/c1-10(2,3)9(14)12(7,8)13-11(4,5)6;1-9(10(14)11(2,3)4)13(8)12(5,6)7/h13H,1-8H3;9H,1-8H3. The first-order valence-corrected chi connectivity index (χ1v) is 10.5. The van der Waals surface area contributed by atoms with Gasteiger partial charge in [-0.2, -0.15) is 0 Å². The minimum absolute atomic E-state index is 0.0185. The maximum atomic E-state index is 12.1. The average molecular weight is 399 g/mol. The van der Waals surface area contributed by atoms with Crippen LogP contribution in [-0.4, -0.2) is 46.2 Å². The van der Waals surface area contributed by atoms with Gasteiger partial charge in [-0.25, -0.2) is 0 Å². The summed E-state index contributed by atoms with van der Waals surface area (Å²) in [7, 11) is 2.01. The van der Waals surface area contributed by atoms with Gasteiger partial charge in [-0.3, -0.25) is 14.5 Å². The van der Waals surface area contributed by atoms with Gasteiger partial charge in [-0.15, -0.1) is 0 Å². The van der Waals surface area contributed by atoms with Gasteiger partial charge >= 0.3 is 0 Å². The zero-order valence-electron chi connectivity index (χ0n) is 21.8. The Bertz CT molecular complexity index is 521. The highest BCUT2D eigenvalue weighted by Crippen LogP contribution is 2.25. The summed E-state index contributed by atoms with van der Waals surface area (Å²) in [5.74, 6) is 0.551. The average Bonchev–Trinajstić information content (AvgIpc) is 2.39. The lowest BCUT2D eigenvalue weighted by Crippen LogP contribution is -2.57. The summed E-state index contributed by atoms with van der Waals surface area (Å²) in [6.07, 6.45) is 0. The Kier molecular flexibility index (Phi) is 9.87. The summed E-state index contributed by atoms with van der Waals surface area (Å²) in [5.41, 5.74) is -0.998. The molecule has 0 radical (unpaired) electrons. The number of carbonyl (C=O) groups excluding carboxylic acids is 2. The minimum atomic E-state index is -0.462. The number of Topliss-reactive ketones (excluding diaryl/α,β-unsaturated/α-hetero) is 2. The number of hydrogen-bond acceptors (Lipinski definition) is 4. The Morgan fingerprint density at radius 1 is 0.714 bits per heavy atom. The van der Waals surface area contributed by atoms with Crippen molar-refractivity contribution in [1.82, 2.24) is 10.2 Å². The molecule has 1 unspecified atom stereocenters. The molecule has 0 aliphatic rings. The van der Waals surface area contributed by atoms with Crippen LogP contribution in [0, 0.1) is 10.8 Å². The van der Waals surface area contributed by atoms with E-state index in [-0.39, 0.29) is 33.7 Å². The number of hydrogen-bond donors (Lipinski definition) is 1. The van der Waals surface area contributed by atoms with E-state index in [0.717, 1.165) is 0 Å². The van der Waals surface area contributed by atoms with Crippen molar-refractivity contribution in [2.24, 2.45) is 10.8 Å². The molecule has 0 spiro atoms.